The van der Waals surface area contributed by atoms with Crippen LogP contribution >= 0.6 is 15.9 Å². The number of anilines is 2. The summed E-state index contributed by atoms with van der Waals surface area (Å²) in [6.45, 7) is 1.49. The third kappa shape index (κ3) is 5.23. The van der Waals surface area contributed by atoms with Gasteiger partial charge in [0.1, 0.15) is 6.54 Å². The summed E-state index contributed by atoms with van der Waals surface area (Å²) in [5.41, 5.74) is 1.89. The Bertz CT molecular complexity index is 1220. The molecule has 0 unspecified atom stereocenters. The molecule has 0 aliphatic carbocycles. The predicted octanol–water partition coefficient (Wildman–Crippen LogP) is 4.61. The molecule has 0 aliphatic rings. The first-order valence-corrected chi connectivity index (χ1v) is 11.9. The molecular formula is C23H23BrN2O5S. The van der Waals surface area contributed by atoms with E-state index in [1.54, 1.807) is 42.5 Å². The molecule has 0 fully saturated rings. The van der Waals surface area contributed by atoms with E-state index in [1.807, 2.05) is 13.0 Å². The van der Waals surface area contributed by atoms with Gasteiger partial charge in [0.05, 0.1) is 24.8 Å². The normalized spacial score (nSPS) is 11.0. The second-order valence-electron chi connectivity index (χ2n) is 6.88. The highest BCUT2D eigenvalue weighted by molar-refractivity contribution is 9.10. The van der Waals surface area contributed by atoms with Crippen LogP contribution in [0.25, 0.3) is 0 Å². The second kappa shape index (κ2) is 10.1. The van der Waals surface area contributed by atoms with Crippen LogP contribution in [-0.4, -0.2) is 35.1 Å². The molecule has 0 radical (unpaired) electrons. The lowest BCUT2D eigenvalue weighted by Crippen LogP contribution is -2.38. The summed E-state index contributed by atoms with van der Waals surface area (Å²) >= 11 is 3.42. The molecule has 1 amide bonds. The Labute approximate surface area is 196 Å². The van der Waals surface area contributed by atoms with Crippen LogP contribution in [-0.2, 0) is 14.8 Å². The molecule has 0 atom stereocenters. The lowest BCUT2D eigenvalue weighted by atomic mass is 10.2. The molecule has 0 heterocycles. The van der Waals surface area contributed by atoms with Crippen LogP contribution in [0, 0.1) is 6.92 Å². The maximum atomic E-state index is 13.5. The molecule has 0 spiro atoms. The highest BCUT2D eigenvalue weighted by atomic mass is 79.9. The van der Waals surface area contributed by atoms with E-state index >= 15 is 0 Å². The van der Waals surface area contributed by atoms with Crippen molar-refractivity contribution in [3.05, 3.63) is 76.8 Å². The van der Waals surface area contributed by atoms with E-state index in [4.69, 9.17) is 9.47 Å². The van der Waals surface area contributed by atoms with Crippen molar-refractivity contribution in [1.82, 2.24) is 0 Å². The standard InChI is InChI=1S/C23H23BrN2O5S/c1-16-13-17(9-11-20(16)24)25-23(27)15-26(18-7-5-4-6-8-18)32(28,29)19-10-12-21(30-2)22(14-19)31-3/h4-14H,15H2,1-3H3,(H,25,27). The van der Waals surface area contributed by atoms with Crippen LogP contribution in [0.5, 0.6) is 11.5 Å². The van der Waals surface area contributed by atoms with Crippen LogP contribution in [0.2, 0.25) is 0 Å². The van der Waals surface area contributed by atoms with Crippen LogP contribution in [0.1, 0.15) is 5.56 Å². The quantitative estimate of drug-likeness (QED) is 0.470. The number of rotatable bonds is 8. The molecule has 0 aliphatic heterocycles. The molecule has 1 N–H and O–H groups in total. The molecule has 3 aromatic rings. The van der Waals surface area contributed by atoms with Gasteiger partial charge in [0.25, 0.3) is 10.0 Å². The minimum atomic E-state index is -4.08. The molecule has 3 aromatic carbocycles. The number of methoxy groups -OCH3 is 2. The van der Waals surface area contributed by atoms with Crippen LogP contribution in [0.15, 0.2) is 76.1 Å². The van der Waals surface area contributed by atoms with Crippen LogP contribution in [0.3, 0.4) is 0 Å². The number of aryl methyl sites for hydroxylation is 1. The van der Waals surface area contributed by atoms with Crippen molar-refractivity contribution < 1.29 is 22.7 Å². The minimum absolute atomic E-state index is 0.0220. The van der Waals surface area contributed by atoms with Gasteiger partial charge in [0.2, 0.25) is 5.91 Å². The van der Waals surface area contributed by atoms with Crippen LogP contribution in [0.4, 0.5) is 11.4 Å². The van der Waals surface area contributed by atoms with Crippen molar-refractivity contribution in [2.24, 2.45) is 0 Å². The molecule has 168 valence electrons. The summed E-state index contributed by atoms with van der Waals surface area (Å²) in [7, 11) is -1.19. The van der Waals surface area contributed by atoms with Gasteiger partial charge < -0.3 is 14.8 Å². The third-order valence-corrected chi connectivity index (χ3v) is 7.38. The van der Waals surface area contributed by atoms with Gasteiger partial charge in [-0.05, 0) is 55.0 Å². The Morgan fingerprint density at radius 1 is 0.969 bits per heavy atom. The molecule has 32 heavy (non-hydrogen) atoms. The fraction of sp³-hybridized carbons (Fsp3) is 0.174. The Kier molecular flexibility index (Phi) is 7.42. The number of hydrogen-bond donors (Lipinski definition) is 1. The van der Waals surface area contributed by atoms with E-state index in [1.165, 1.54) is 32.4 Å². The minimum Gasteiger partial charge on any atom is -0.493 e. The number of carbonyl (C=O) groups is 1. The van der Waals surface area contributed by atoms with E-state index in [0.29, 0.717) is 17.1 Å². The van der Waals surface area contributed by atoms with Crippen molar-refractivity contribution in [2.75, 3.05) is 30.4 Å². The average Bonchev–Trinajstić information content (AvgIpc) is 2.79. The fourth-order valence-electron chi connectivity index (χ4n) is 3.07. The first-order valence-electron chi connectivity index (χ1n) is 9.62. The summed E-state index contributed by atoms with van der Waals surface area (Å²) in [6, 6.07) is 18.1. The predicted molar refractivity (Wildman–Crippen MR) is 128 cm³/mol. The van der Waals surface area contributed by atoms with Crippen molar-refractivity contribution in [3.8, 4) is 11.5 Å². The topological polar surface area (TPSA) is 84.9 Å². The Balaban J connectivity index is 1.95. The van der Waals surface area contributed by atoms with E-state index in [-0.39, 0.29) is 10.6 Å². The number of nitrogens with one attached hydrogen (secondary N) is 1. The number of carbonyl (C=O) groups excluding carboxylic acids is 1. The van der Waals surface area contributed by atoms with Gasteiger partial charge in [0, 0.05) is 16.2 Å². The van der Waals surface area contributed by atoms with Crippen molar-refractivity contribution in [2.45, 2.75) is 11.8 Å². The number of benzene rings is 3. The molecule has 0 aromatic heterocycles. The fourth-order valence-corrected chi connectivity index (χ4v) is 4.75. The van der Waals surface area contributed by atoms with Crippen LogP contribution < -0.4 is 19.1 Å². The first-order chi connectivity index (χ1) is 15.3. The van der Waals surface area contributed by atoms with E-state index < -0.39 is 22.5 Å². The maximum Gasteiger partial charge on any atom is 0.264 e. The van der Waals surface area contributed by atoms with E-state index in [9.17, 15) is 13.2 Å². The molecule has 0 bridgehead atoms. The highest BCUT2D eigenvalue weighted by Crippen LogP contribution is 2.32. The summed E-state index contributed by atoms with van der Waals surface area (Å²) in [6.07, 6.45) is 0. The van der Waals surface area contributed by atoms with Crippen molar-refractivity contribution >= 4 is 43.2 Å². The average molecular weight is 519 g/mol. The van der Waals surface area contributed by atoms with Crippen molar-refractivity contribution in [3.63, 3.8) is 0 Å². The summed E-state index contributed by atoms with van der Waals surface area (Å²) in [5.74, 6) is 0.206. The Morgan fingerprint density at radius 3 is 2.28 bits per heavy atom. The van der Waals surface area contributed by atoms with Gasteiger partial charge in [-0.15, -0.1) is 0 Å². The lowest BCUT2D eigenvalue weighted by molar-refractivity contribution is -0.114. The molecule has 0 saturated heterocycles. The van der Waals surface area contributed by atoms with Gasteiger partial charge in [-0.3, -0.25) is 9.10 Å². The van der Waals surface area contributed by atoms with Gasteiger partial charge in [-0.25, -0.2) is 8.42 Å². The number of nitrogens with zero attached hydrogens (tertiary/aromatic N) is 1. The first kappa shape index (κ1) is 23.6. The number of ether oxygens (including phenoxy) is 2. The number of sulfonamides is 1. The van der Waals surface area contributed by atoms with Gasteiger partial charge in [-0.2, -0.15) is 0 Å². The molecule has 7 nitrogen and oxygen atoms in total. The van der Waals surface area contributed by atoms with Gasteiger partial charge in [-0.1, -0.05) is 34.1 Å². The zero-order chi connectivity index (χ0) is 23.3. The SMILES string of the molecule is COc1ccc(S(=O)(=O)N(CC(=O)Nc2ccc(Br)c(C)c2)c2ccccc2)cc1OC. The number of hydrogen-bond acceptors (Lipinski definition) is 5. The lowest BCUT2D eigenvalue weighted by Gasteiger charge is -2.24. The largest absolute Gasteiger partial charge is 0.493 e. The molecular weight excluding hydrogens is 496 g/mol. The molecule has 0 saturated carbocycles. The van der Waals surface area contributed by atoms with E-state index in [0.717, 1.165) is 14.3 Å². The monoisotopic (exact) mass is 518 g/mol. The molecule has 3 rings (SSSR count). The third-order valence-electron chi connectivity index (χ3n) is 4.72. The maximum absolute atomic E-state index is 13.5. The number of halogens is 1. The zero-order valence-corrected chi connectivity index (χ0v) is 20.2. The highest BCUT2D eigenvalue weighted by Gasteiger charge is 2.28. The summed E-state index contributed by atoms with van der Waals surface area (Å²) in [5, 5.41) is 2.76. The number of para-hydroxylation sites is 1. The van der Waals surface area contributed by atoms with Gasteiger partial charge in [0.15, 0.2) is 11.5 Å². The summed E-state index contributed by atoms with van der Waals surface area (Å²) in [4.78, 5) is 12.8. The van der Waals surface area contributed by atoms with E-state index in [2.05, 4.69) is 21.2 Å². The smallest absolute Gasteiger partial charge is 0.264 e. The number of amides is 1. The zero-order valence-electron chi connectivity index (χ0n) is 17.8. The second-order valence-corrected chi connectivity index (χ2v) is 9.59. The van der Waals surface area contributed by atoms with Crippen molar-refractivity contribution in [1.29, 1.82) is 0 Å². The Morgan fingerprint density at radius 2 is 1.66 bits per heavy atom. The Hall–Kier alpha value is -3.04. The molecule has 9 heteroatoms. The van der Waals surface area contributed by atoms with Gasteiger partial charge >= 0.3 is 0 Å². The summed E-state index contributed by atoms with van der Waals surface area (Å²) < 4.78 is 39.5.